The van der Waals surface area contributed by atoms with Crippen molar-refractivity contribution in [2.45, 2.75) is 76.8 Å². The van der Waals surface area contributed by atoms with Crippen LogP contribution in [0.3, 0.4) is 0 Å². The van der Waals surface area contributed by atoms with E-state index in [0.29, 0.717) is 56.0 Å². The van der Waals surface area contributed by atoms with Gasteiger partial charge in [-0.25, -0.2) is 9.78 Å². The number of likely N-dealkylation sites (tertiary alicyclic amines) is 1. The first-order valence-electron chi connectivity index (χ1n) is 16.3. The monoisotopic (exact) mass is 632 g/mol. The molecule has 2 amide bonds. The Morgan fingerprint density at radius 1 is 1.04 bits per heavy atom. The first-order chi connectivity index (χ1) is 21.9. The van der Waals surface area contributed by atoms with Crippen molar-refractivity contribution in [2.24, 2.45) is 5.92 Å². The highest BCUT2D eigenvalue weighted by atomic mass is 35.5. The summed E-state index contributed by atoms with van der Waals surface area (Å²) in [5.41, 5.74) is 3.84. The second kappa shape index (κ2) is 13.0. The lowest BCUT2D eigenvalue weighted by atomic mass is 9.96. The molecule has 0 N–H and O–H groups in total. The van der Waals surface area contributed by atoms with E-state index >= 15 is 0 Å². The predicted molar refractivity (Wildman–Crippen MR) is 169 cm³/mol. The molecule has 1 saturated carbocycles. The van der Waals surface area contributed by atoms with Gasteiger partial charge < -0.3 is 18.9 Å². The van der Waals surface area contributed by atoms with Gasteiger partial charge in [-0.15, -0.1) is 0 Å². The molecular formula is C34H41ClN6O4. The standard InChI is InChI=1S/C34H41ClN6O4/c1-23-17-38(22-37-23)18-24-11-13-40(19-24)33(42)29-20-39(14-15-41(29)34(43)45-27-7-3-2-4-8-27)32-28-10-9-26(35)16-30(28)44-21-25-6-5-12-36-31(25)32/h5-6,9-10,12,16-17,22,24,27,29,32H,2-4,7-8,11,13-15,18-21H2,1H3/t24-,29+,32-/m0/s1. The van der Waals surface area contributed by atoms with E-state index in [2.05, 4.69) is 14.5 Å². The summed E-state index contributed by atoms with van der Waals surface area (Å²) < 4.78 is 14.4. The number of carbonyl (C=O) groups excluding carboxylic acids is 2. The average Bonchev–Trinajstić information content (AvgIpc) is 3.66. The maximum Gasteiger partial charge on any atom is 0.410 e. The Balaban J connectivity index is 1.16. The van der Waals surface area contributed by atoms with Crippen molar-refractivity contribution in [2.75, 3.05) is 32.7 Å². The first kappa shape index (κ1) is 30.0. The summed E-state index contributed by atoms with van der Waals surface area (Å²) in [6.07, 6.45) is 11.2. The molecule has 2 aromatic heterocycles. The number of benzene rings is 1. The van der Waals surface area contributed by atoms with Crippen LogP contribution in [0.2, 0.25) is 5.02 Å². The summed E-state index contributed by atoms with van der Waals surface area (Å²) in [7, 11) is 0. The van der Waals surface area contributed by atoms with Gasteiger partial charge in [0, 0.05) is 67.8 Å². The molecule has 4 aliphatic rings. The molecule has 10 nitrogen and oxygen atoms in total. The Morgan fingerprint density at radius 3 is 2.73 bits per heavy atom. The Morgan fingerprint density at radius 2 is 1.91 bits per heavy atom. The summed E-state index contributed by atoms with van der Waals surface area (Å²) in [6, 6.07) is 8.75. The molecule has 0 bridgehead atoms. The number of nitrogens with zero attached hydrogens (tertiary/aromatic N) is 6. The number of aryl methyl sites for hydroxylation is 1. The lowest BCUT2D eigenvalue weighted by Gasteiger charge is -2.44. The molecule has 3 fully saturated rings. The van der Waals surface area contributed by atoms with E-state index in [1.54, 1.807) is 11.1 Å². The zero-order chi connectivity index (χ0) is 30.9. The highest BCUT2D eigenvalue weighted by Crippen LogP contribution is 2.41. The number of aromatic nitrogens is 3. The zero-order valence-corrected chi connectivity index (χ0v) is 26.6. The second-order valence-electron chi connectivity index (χ2n) is 12.9. The topological polar surface area (TPSA) is 93.0 Å². The summed E-state index contributed by atoms with van der Waals surface area (Å²) >= 11 is 6.39. The lowest BCUT2D eigenvalue weighted by Crippen LogP contribution is -2.61. The van der Waals surface area contributed by atoms with Crippen molar-refractivity contribution in [3.8, 4) is 5.75 Å². The van der Waals surface area contributed by atoms with Crippen molar-refractivity contribution in [3.63, 3.8) is 0 Å². The van der Waals surface area contributed by atoms with Gasteiger partial charge in [0.15, 0.2) is 0 Å². The van der Waals surface area contributed by atoms with Crippen LogP contribution in [0.4, 0.5) is 4.79 Å². The van der Waals surface area contributed by atoms with E-state index in [1.807, 2.05) is 54.7 Å². The molecule has 0 spiro atoms. The van der Waals surface area contributed by atoms with Crippen LogP contribution >= 0.6 is 11.6 Å². The average molecular weight is 633 g/mol. The van der Waals surface area contributed by atoms with Crippen LogP contribution in [-0.4, -0.2) is 86.1 Å². The quantitative estimate of drug-likeness (QED) is 0.381. The number of amides is 2. The molecule has 0 unspecified atom stereocenters. The smallest absolute Gasteiger partial charge is 0.410 e. The van der Waals surface area contributed by atoms with Crippen molar-refractivity contribution in [1.82, 2.24) is 29.2 Å². The van der Waals surface area contributed by atoms with Gasteiger partial charge in [-0.2, -0.15) is 0 Å². The number of imidazole rings is 1. The Kier molecular flexibility index (Phi) is 8.68. The number of rotatable bonds is 5. The van der Waals surface area contributed by atoms with E-state index in [1.165, 1.54) is 6.42 Å². The summed E-state index contributed by atoms with van der Waals surface area (Å²) in [4.78, 5) is 43.2. The number of piperazine rings is 1. The third-order valence-corrected chi connectivity index (χ3v) is 10.0. The number of pyridine rings is 1. The minimum absolute atomic E-state index is 0.0212. The molecule has 3 aromatic rings. The second-order valence-corrected chi connectivity index (χ2v) is 13.4. The van der Waals surface area contributed by atoms with E-state index in [0.717, 1.165) is 61.2 Å². The molecule has 45 heavy (non-hydrogen) atoms. The van der Waals surface area contributed by atoms with E-state index in [-0.39, 0.29) is 24.1 Å². The Labute approximate surface area is 269 Å². The summed E-state index contributed by atoms with van der Waals surface area (Å²) in [6.45, 7) is 5.82. The van der Waals surface area contributed by atoms with Gasteiger partial charge in [0.2, 0.25) is 5.91 Å². The normalized spacial score (nSPS) is 24.0. The number of hydrogen-bond donors (Lipinski definition) is 0. The fourth-order valence-corrected chi connectivity index (χ4v) is 7.64. The maximum absolute atomic E-state index is 14.4. The van der Waals surface area contributed by atoms with Crippen LogP contribution in [0.15, 0.2) is 49.1 Å². The molecular weight excluding hydrogens is 592 g/mol. The Hall–Kier alpha value is -3.63. The molecule has 3 aliphatic heterocycles. The SMILES string of the molecule is Cc1cn(C[C@@H]2CCN(C(=O)[C@H]3CN([C@H]4c5ccc(Cl)cc5OCc5cccnc54)CCN3C(=O)OC3CCCCC3)C2)cn1. The lowest BCUT2D eigenvalue weighted by molar-refractivity contribution is -0.138. The van der Waals surface area contributed by atoms with E-state index in [9.17, 15) is 9.59 Å². The molecule has 7 rings (SSSR count). The van der Waals surface area contributed by atoms with Crippen LogP contribution in [0.5, 0.6) is 5.75 Å². The number of hydrogen-bond acceptors (Lipinski definition) is 7. The maximum atomic E-state index is 14.4. The minimum atomic E-state index is -0.670. The van der Waals surface area contributed by atoms with Gasteiger partial charge >= 0.3 is 6.09 Å². The molecule has 5 heterocycles. The van der Waals surface area contributed by atoms with Gasteiger partial charge in [0.25, 0.3) is 0 Å². The van der Waals surface area contributed by atoms with Crippen LogP contribution in [0.1, 0.15) is 67.1 Å². The van der Waals surface area contributed by atoms with E-state index < -0.39 is 6.04 Å². The minimum Gasteiger partial charge on any atom is -0.488 e. The Bertz CT molecular complexity index is 1540. The third-order valence-electron chi connectivity index (χ3n) is 9.78. The molecule has 238 valence electrons. The predicted octanol–water partition coefficient (Wildman–Crippen LogP) is 5.23. The number of carbonyl (C=O) groups is 2. The van der Waals surface area contributed by atoms with Crippen LogP contribution < -0.4 is 4.74 Å². The van der Waals surface area contributed by atoms with Gasteiger partial charge in [-0.05, 0) is 63.1 Å². The molecule has 0 radical (unpaired) electrons. The van der Waals surface area contributed by atoms with Crippen LogP contribution in [0, 0.1) is 12.8 Å². The third kappa shape index (κ3) is 6.40. The van der Waals surface area contributed by atoms with Crippen LogP contribution in [0.25, 0.3) is 0 Å². The van der Waals surface area contributed by atoms with Crippen molar-refractivity contribution < 1.29 is 19.1 Å². The van der Waals surface area contributed by atoms with Gasteiger partial charge in [-0.1, -0.05) is 30.2 Å². The molecule has 11 heteroatoms. The first-order valence-corrected chi connectivity index (χ1v) is 16.6. The van der Waals surface area contributed by atoms with Gasteiger partial charge in [0.1, 0.15) is 24.5 Å². The number of halogens is 1. The summed E-state index contributed by atoms with van der Waals surface area (Å²) in [5.74, 6) is 1.02. The van der Waals surface area contributed by atoms with Crippen molar-refractivity contribution >= 4 is 23.6 Å². The van der Waals surface area contributed by atoms with Crippen molar-refractivity contribution in [1.29, 1.82) is 0 Å². The molecule has 3 atom stereocenters. The largest absolute Gasteiger partial charge is 0.488 e. The highest BCUT2D eigenvalue weighted by molar-refractivity contribution is 6.30. The van der Waals surface area contributed by atoms with E-state index in [4.69, 9.17) is 26.1 Å². The fourth-order valence-electron chi connectivity index (χ4n) is 7.47. The summed E-state index contributed by atoms with van der Waals surface area (Å²) in [5, 5.41) is 0.601. The highest BCUT2D eigenvalue weighted by Gasteiger charge is 2.44. The molecule has 1 aliphatic carbocycles. The van der Waals surface area contributed by atoms with Crippen molar-refractivity contribution in [3.05, 3.63) is 76.6 Å². The van der Waals surface area contributed by atoms with Gasteiger partial charge in [0.05, 0.1) is 23.8 Å². The van der Waals surface area contributed by atoms with Crippen LogP contribution in [-0.2, 0) is 22.7 Å². The number of ether oxygens (including phenoxy) is 2. The molecule has 1 aromatic carbocycles. The number of fused-ring (bicyclic) bond motifs is 2. The fraction of sp³-hybridized carbons (Fsp3) is 0.529. The molecule has 2 saturated heterocycles. The van der Waals surface area contributed by atoms with Gasteiger partial charge in [-0.3, -0.25) is 19.6 Å². The zero-order valence-electron chi connectivity index (χ0n) is 25.8.